The highest BCUT2D eigenvalue weighted by molar-refractivity contribution is 5.37. The molecule has 0 amide bonds. The van der Waals surface area contributed by atoms with Gasteiger partial charge in [0.1, 0.15) is 5.75 Å². The quantitative estimate of drug-likeness (QED) is 0.575. The molecule has 0 aliphatic rings. The van der Waals surface area contributed by atoms with Gasteiger partial charge in [-0.25, -0.2) is 0 Å². The summed E-state index contributed by atoms with van der Waals surface area (Å²) in [6.07, 6.45) is -1.22. The number of aliphatic hydroxyl groups excluding tert-OH is 2. The molecule has 68 valence electrons. The van der Waals surface area contributed by atoms with Crippen molar-refractivity contribution in [2.24, 2.45) is 0 Å². The molecule has 4 heteroatoms. The monoisotopic (exact) mass is 179 g/mol. The lowest BCUT2D eigenvalue weighted by molar-refractivity contribution is 0.234. The van der Waals surface area contributed by atoms with Gasteiger partial charge in [0.25, 0.3) is 0 Å². The molecule has 0 saturated carbocycles. The highest BCUT2D eigenvalue weighted by atomic mass is 16.3. The van der Waals surface area contributed by atoms with Crippen molar-refractivity contribution in [3.63, 3.8) is 0 Å². The predicted molar refractivity (Wildman–Crippen MR) is 44.6 cm³/mol. The fourth-order valence-corrected chi connectivity index (χ4v) is 0.977. The Morgan fingerprint density at radius 2 is 2.15 bits per heavy atom. The van der Waals surface area contributed by atoms with E-state index in [-0.39, 0.29) is 12.4 Å². The molecule has 13 heavy (non-hydrogen) atoms. The van der Waals surface area contributed by atoms with E-state index in [1.54, 1.807) is 6.07 Å². The summed E-state index contributed by atoms with van der Waals surface area (Å²) >= 11 is 0. The van der Waals surface area contributed by atoms with E-state index in [4.69, 9.17) is 20.6 Å². The van der Waals surface area contributed by atoms with E-state index in [1.165, 1.54) is 18.2 Å². The van der Waals surface area contributed by atoms with Crippen LogP contribution in [0.4, 0.5) is 0 Å². The molecule has 4 nitrogen and oxygen atoms in total. The van der Waals surface area contributed by atoms with Gasteiger partial charge in [-0.1, -0.05) is 6.07 Å². The van der Waals surface area contributed by atoms with Gasteiger partial charge in [0.2, 0.25) is 0 Å². The van der Waals surface area contributed by atoms with Crippen molar-refractivity contribution in [3.05, 3.63) is 29.3 Å². The second kappa shape index (κ2) is 3.90. The average molecular weight is 179 g/mol. The molecule has 0 radical (unpaired) electrons. The van der Waals surface area contributed by atoms with Crippen molar-refractivity contribution in [1.82, 2.24) is 0 Å². The van der Waals surface area contributed by atoms with Gasteiger partial charge >= 0.3 is 0 Å². The number of aliphatic hydroxyl groups is 2. The maximum Gasteiger partial charge on any atom is 0.165 e. The van der Waals surface area contributed by atoms with Crippen LogP contribution in [0.3, 0.4) is 0 Å². The third-order valence-electron chi connectivity index (χ3n) is 1.71. The lowest BCUT2D eigenvalue weighted by atomic mass is 10.1. The first kappa shape index (κ1) is 9.52. The average Bonchev–Trinajstić information content (AvgIpc) is 2.17. The van der Waals surface area contributed by atoms with Crippen LogP contribution in [0.15, 0.2) is 18.2 Å². The van der Waals surface area contributed by atoms with Gasteiger partial charge < -0.3 is 15.3 Å². The Morgan fingerprint density at radius 1 is 1.46 bits per heavy atom. The molecule has 0 aromatic heterocycles. The van der Waals surface area contributed by atoms with Crippen molar-refractivity contribution in [1.29, 1.82) is 5.26 Å². The molecule has 0 aliphatic heterocycles. The van der Waals surface area contributed by atoms with Gasteiger partial charge in [-0.15, -0.1) is 0 Å². The molecule has 1 aromatic carbocycles. The number of aromatic hydroxyl groups is 1. The normalized spacial score (nSPS) is 12.1. The predicted octanol–water partition coefficient (Wildman–Crippen LogP) is 0.441. The Morgan fingerprint density at radius 3 is 2.69 bits per heavy atom. The fraction of sp³-hybridized carbons (Fsp3) is 0.222. The maximum atomic E-state index is 9.16. The molecule has 0 fully saturated rings. The van der Waals surface area contributed by atoms with Crippen LogP contribution in [0.1, 0.15) is 17.2 Å². The van der Waals surface area contributed by atoms with Gasteiger partial charge in [-0.2, -0.15) is 5.26 Å². The summed E-state index contributed by atoms with van der Waals surface area (Å²) in [5.74, 6) is -0.0450. The molecule has 0 bridgehead atoms. The summed E-state index contributed by atoms with van der Waals surface area (Å²) in [7, 11) is 0. The van der Waals surface area contributed by atoms with Gasteiger partial charge in [-0.05, 0) is 17.7 Å². The van der Waals surface area contributed by atoms with E-state index < -0.39 is 6.10 Å². The van der Waals surface area contributed by atoms with E-state index in [2.05, 4.69) is 0 Å². The summed E-state index contributed by atoms with van der Waals surface area (Å²) in [6, 6.07) is 5.80. The lowest BCUT2D eigenvalue weighted by Gasteiger charge is -2.05. The summed E-state index contributed by atoms with van der Waals surface area (Å²) in [6.45, 7) is -0.322. The maximum absolute atomic E-state index is 9.16. The van der Waals surface area contributed by atoms with E-state index >= 15 is 0 Å². The zero-order chi connectivity index (χ0) is 9.84. The molecule has 1 rings (SSSR count). The Kier molecular flexibility index (Phi) is 2.85. The number of nitriles is 1. The van der Waals surface area contributed by atoms with Gasteiger partial charge in [-0.3, -0.25) is 0 Å². The zero-order valence-corrected chi connectivity index (χ0v) is 6.81. The second-order valence-electron chi connectivity index (χ2n) is 2.58. The van der Waals surface area contributed by atoms with Crippen molar-refractivity contribution in [2.75, 3.05) is 0 Å². The highest BCUT2D eigenvalue weighted by Gasteiger charge is 2.08. The van der Waals surface area contributed by atoms with Crippen LogP contribution in [0.2, 0.25) is 0 Å². The summed E-state index contributed by atoms with van der Waals surface area (Å²) in [5, 5.41) is 35.4. The van der Waals surface area contributed by atoms with Crippen LogP contribution in [-0.2, 0) is 6.61 Å². The van der Waals surface area contributed by atoms with Gasteiger partial charge in [0.05, 0.1) is 12.7 Å². The Balaban J connectivity index is 3.08. The minimum absolute atomic E-state index is 0.0450. The molecule has 3 N–H and O–H groups in total. The molecular formula is C9H9NO3. The van der Waals surface area contributed by atoms with E-state index in [9.17, 15) is 0 Å². The summed E-state index contributed by atoms with van der Waals surface area (Å²) in [5.41, 5.74) is 0.663. The minimum Gasteiger partial charge on any atom is -0.508 e. The van der Waals surface area contributed by atoms with E-state index in [0.29, 0.717) is 11.1 Å². The van der Waals surface area contributed by atoms with Crippen LogP contribution in [0.25, 0.3) is 0 Å². The minimum atomic E-state index is -1.22. The highest BCUT2D eigenvalue weighted by Crippen LogP contribution is 2.21. The SMILES string of the molecule is N#CC(O)c1ccc(O)c(CO)c1. The molecule has 0 spiro atoms. The first-order chi connectivity index (χ1) is 6.19. The van der Waals surface area contributed by atoms with Gasteiger partial charge in [0.15, 0.2) is 6.10 Å². The third-order valence-corrected chi connectivity index (χ3v) is 1.71. The first-order valence-electron chi connectivity index (χ1n) is 3.69. The van der Waals surface area contributed by atoms with Crippen LogP contribution in [0.5, 0.6) is 5.75 Å². The van der Waals surface area contributed by atoms with Crippen LogP contribution < -0.4 is 0 Å². The third kappa shape index (κ3) is 1.96. The van der Waals surface area contributed by atoms with Crippen molar-refractivity contribution in [3.8, 4) is 11.8 Å². The summed E-state index contributed by atoms with van der Waals surface area (Å²) in [4.78, 5) is 0. The fourth-order valence-electron chi connectivity index (χ4n) is 0.977. The zero-order valence-electron chi connectivity index (χ0n) is 6.81. The van der Waals surface area contributed by atoms with Crippen LogP contribution >= 0.6 is 0 Å². The lowest BCUT2D eigenvalue weighted by Crippen LogP contribution is -1.95. The largest absolute Gasteiger partial charge is 0.508 e. The summed E-state index contributed by atoms with van der Waals surface area (Å²) < 4.78 is 0. The number of hydrogen-bond acceptors (Lipinski definition) is 4. The number of rotatable bonds is 2. The van der Waals surface area contributed by atoms with Gasteiger partial charge in [0, 0.05) is 5.56 Å². The smallest absolute Gasteiger partial charge is 0.165 e. The molecular weight excluding hydrogens is 170 g/mol. The molecule has 0 aliphatic carbocycles. The number of benzene rings is 1. The molecule has 0 saturated heterocycles. The van der Waals surface area contributed by atoms with Crippen molar-refractivity contribution in [2.45, 2.75) is 12.7 Å². The standard InChI is InChI=1S/C9H9NO3/c10-4-9(13)6-1-2-8(12)7(3-6)5-11/h1-3,9,11-13H,5H2. The molecule has 1 unspecified atom stereocenters. The van der Waals surface area contributed by atoms with Crippen LogP contribution in [0, 0.1) is 11.3 Å². The first-order valence-corrected chi connectivity index (χ1v) is 3.69. The Bertz CT molecular complexity index is 343. The topological polar surface area (TPSA) is 84.5 Å². The van der Waals surface area contributed by atoms with E-state index in [1.807, 2.05) is 0 Å². The second-order valence-corrected chi connectivity index (χ2v) is 2.58. The van der Waals surface area contributed by atoms with E-state index in [0.717, 1.165) is 0 Å². The van der Waals surface area contributed by atoms with Crippen molar-refractivity contribution < 1.29 is 15.3 Å². The number of nitrogens with zero attached hydrogens (tertiary/aromatic N) is 1. The molecule has 0 heterocycles. The number of phenols is 1. The molecule has 1 aromatic rings. The van der Waals surface area contributed by atoms with Crippen molar-refractivity contribution >= 4 is 0 Å². The van der Waals surface area contributed by atoms with Crippen LogP contribution in [-0.4, -0.2) is 15.3 Å². The number of hydrogen-bond donors (Lipinski definition) is 3. The Hall–Kier alpha value is -1.57. The Labute approximate surface area is 75.3 Å². The molecule has 1 atom stereocenters.